The summed E-state index contributed by atoms with van der Waals surface area (Å²) in [4.78, 5) is 27.9. The molecule has 1 aromatic carbocycles. The maximum Gasteiger partial charge on any atom is 0.326 e. The van der Waals surface area contributed by atoms with E-state index in [4.69, 9.17) is 0 Å². The largest absolute Gasteiger partial charge is 0.326 e. The zero-order chi connectivity index (χ0) is 18.1. The predicted molar refractivity (Wildman–Crippen MR) is 93.6 cm³/mol. The van der Waals surface area contributed by atoms with Gasteiger partial charge < -0.3 is 4.98 Å². The third-order valence-electron chi connectivity index (χ3n) is 3.49. The van der Waals surface area contributed by atoms with Crippen LogP contribution >= 0.6 is 0 Å². The summed E-state index contributed by atoms with van der Waals surface area (Å²) in [7, 11) is -3.72. The van der Waals surface area contributed by atoms with Gasteiger partial charge in [-0.25, -0.2) is 13.2 Å². The summed E-state index contributed by atoms with van der Waals surface area (Å²) in [6, 6.07) is 4.18. The summed E-state index contributed by atoms with van der Waals surface area (Å²) in [6.07, 6.45) is 0. The first-order valence-corrected chi connectivity index (χ1v) is 9.31. The van der Waals surface area contributed by atoms with Crippen molar-refractivity contribution in [2.24, 2.45) is 11.8 Å². The van der Waals surface area contributed by atoms with Gasteiger partial charge in [0.25, 0.3) is 5.56 Å². The Morgan fingerprint density at radius 2 is 1.58 bits per heavy atom. The van der Waals surface area contributed by atoms with Crippen molar-refractivity contribution in [3.8, 4) is 0 Å². The van der Waals surface area contributed by atoms with Crippen LogP contribution in [-0.4, -0.2) is 35.8 Å². The molecule has 2 aromatic rings. The van der Waals surface area contributed by atoms with Crippen molar-refractivity contribution in [3.05, 3.63) is 39.0 Å². The van der Waals surface area contributed by atoms with Crippen LogP contribution in [0.2, 0.25) is 0 Å². The average molecular weight is 353 g/mol. The van der Waals surface area contributed by atoms with Crippen LogP contribution in [0.15, 0.2) is 32.7 Å². The first-order chi connectivity index (χ1) is 11.1. The van der Waals surface area contributed by atoms with E-state index < -0.39 is 21.3 Å². The van der Waals surface area contributed by atoms with Crippen molar-refractivity contribution in [2.75, 3.05) is 13.1 Å². The normalized spacial score (nSPS) is 12.6. The van der Waals surface area contributed by atoms with Crippen molar-refractivity contribution in [3.63, 3.8) is 0 Å². The number of nitrogens with one attached hydrogen (secondary N) is 2. The summed E-state index contributed by atoms with van der Waals surface area (Å²) in [5.74, 6) is 0.359. The number of sulfonamides is 1. The van der Waals surface area contributed by atoms with Crippen LogP contribution in [-0.2, 0) is 10.0 Å². The molecule has 2 N–H and O–H groups in total. The molecule has 1 aromatic heterocycles. The summed E-state index contributed by atoms with van der Waals surface area (Å²) in [6.45, 7) is 8.63. The number of fused-ring (bicyclic) bond motifs is 1. The highest BCUT2D eigenvalue weighted by molar-refractivity contribution is 7.89. The fourth-order valence-electron chi connectivity index (χ4n) is 2.54. The van der Waals surface area contributed by atoms with Crippen molar-refractivity contribution in [1.82, 2.24) is 14.3 Å². The van der Waals surface area contributed by atoms with Gasteiger partial charge in [-0.2, -0.15) is 4.31 Å². The molecular weight excluding hydrogens is 330 g/mol. The summed E-state index contributed by atoms with van der Waals surface area (Å²) >= 11 is 0. The van der Waals surface area contributed by atoms with Crippen LogP contribution in [0.4, 0.5) is 0 Å². The molecule has 0 radical (unpaired) electrons. The molecule has 0 atom stereocenters. The Kier molecular flexibility index (Phi) is 5.29. The minimum Gasteiger partial charge on any atom is -0.307 e. The lowest BCUT2D eigenvalue weighted by molar-refractivity contribution is 0.333. The Balaban J connectivity index is 2.56. The number of hydrogen-bond donors (Lipinski definition) is 2. The number of aromatic nitrogens is 2. The van der Waals surface area contributed by atoms with E-state index in [0.29, 0.717) is 18.6 Å². The van der Waals surface area contributed by atoms with E-state index in [2.05, 4.69) is 9.97 Å². The van der Waals surface area contributed by atoms with Crippen molar-refractivity contribution in [2.45, 2.75) is 32.6 Å². The second-order valence-corrected chi connectivity index (χ2v) is 8.66. The molecule has 2 rings (SSSR count). The van der Waals surface area contributed by atoms with E-state index >= 15 is 0 Å². The highest BCUT2D eigenvalue weighted by Crippen LogP contribution is 2.21. The van der Waals surface area contributed by atoms with Gasteiger partial charge in [-0.1, -0.05) is 27.7 Å². The third kappa shape index (κ3) is 3.93. The zero-order valence-corrected chi connectivity index (χ0v) is 15.1. The summed E-state index contributed by atoms with van der Waals surface area (Å²) in [5, 5.41) is 0.143. The Bertz CT molecular complexity index is 932. The Labute approximate surface area is 140 Å². The number of H-pyrrole nitrogens is 2. The van der Waals surface area contributed by atoms with Crippen LogP contribution in [0.25, 0.3) is 10.9 Å². The second kappa shape index (κ2) is 6.90. The molecule has 0 saturated carbocycles. The van der Waals surface area contributed by atoms with Crippen molar-refractivity contribution < 1.29 is 8.42 Å². The Morgan fingerprint density at radius 1 is 1.00 bits per heavy atom. The van der Waals surface area contributed by atoms with Gasteiger partial charge in [-0.3, -0.25) is 9.78 Å². The van der Waals surface area contributed by atoms with Gasteiger partial charge in [-0.05, 0) is 30.0 Å². The van der Waals surface area contributed by atoms with E-state index in [1.165, 1.54) is 22.5 Å². The molecule has 0 bridgehead atoms. The first-order valence-electron chi connectivity index (χ1n) is 7.87. The number of aromatic amines is 2. The minimum absolute atomic E-state index is 0.0499. The minimum atomic E-state index is -3.72. The van der Waals surface area contributed by atoms with E-state index in [1.807, 2.05) is 27.7 Å². The topological polar surface area (TPSA) is 103 Å². The molecule has 0 aliphatic heterocycles. The lowest BCUT2D eigenvalue weighted by atomic mass is 10.2. The lowest BCUT2D eigenvalue weighted by Crippen LogP contribution is -2.37. The van der Waals surface area contributed by atoms with Crippen molar-refractivity contribution >= 4 is 20.9 Å². The first kappa shape index (κ1) is 18.4. The van der Waals surface area contributed by atoms with Crippen LogP contribution < -0.4 is 11.2 Å². The molecule has 0 aliphatic carbocycles. The Hall–Kier alpha value is -1.93. The summed E-state index contributed by atoms with van der Waals surface area (Å²) < 4.78 is 27.4. The van der Waals surface area contributed by atoms with E-state index in [-0.39, 0.29) is 22.1 Å². The van der Waals surface area contributed by atoms with Crippen molar-refractivity contribution in [1.29, 1.82) is 0 Å². The SMILES string of the molecule is CC(C)CN(CC(C)C)S(=O)(=O)c1ccc2[nH]c(=O)[nH]c(=O)c2c1. The Morgan fingerprint density at radius 3 is 2.12 bits per heavy atom. The number of hydrogen-bond acceptors (Lipinski definition) is 4. The molecule has 7 nitrogen and oxygen atoms in total. The van der Waals surface area contributed by atoms with Crippen LogP contribution in [0.5, 0.6) is 0 Å². The van der Waals surface area contributed by atoms with Gasteiger partial charge in [0.15, 0.2) is 0 Å². The summed E-state index contributed by atoms with van der Waals surface area (Å²) in [5.41, 5.74) is -0.920. The molecular formula is C16H23N3O4S. The third-order valence-corrected chi connectivity index (χ3v) is 5.31. The van der Waals surface area contributed by atoms with Crippen LogP contribution in [0, 0.1) is 11.8 Å². The molecule has 24 heavy (non-hydrogen) atoms. The van der Waals surface area contributed by atoms with Gasteiger partial charge in [-0.15, -0.1) is 0 Å². The van der Waals surface area contributed by atoms with Gasteiger partial charge >= 0.3 is 5.69 Å². The smallest absolute Gasteiger partial charge is 0.307 e. The van der Waals surface area contributed by atoms with Crippen LogP contribution in [0.1, 0.15) is 27.7 Å². The lowest BCUT2D eigenvalue weighted by Gasteiger charge is -2.25. The molecule has 0 spiro atoms. The maximum absolute atomic E-state index is 13.0. The zero-order valence-electron chi connectivity index (χ0n) is 14.3. The number of rotatable bonds is 6. The fourth-order valence-corrected chi connectivity index (χ4v) is 4.33. The quantitative estimate of drug-likeness (QED) is 0.822. The van der Waals surface area contributed by atoms with Gasteiger partial charge in [0, 0.05) is 13.1 Å². The second-order valence-electron chi connectivity index (χ2n) is 6.73. The van der Waals surface area contributed by atoms with Crippen LogP contribution in [0.3, 0.4) is 0 Å². The highest BCUT2D eigenvalue weighted by atomic mass is 32.2. The fraction of sp³-hybridized carbons (Fsp3) is 0.500. The average Bonchev–Trinajstić information content (AvgIpc) is 2.45. The van der Waals surface area contributed by atoms with E-state index in [0.717, 1.165) is 0 Å². The molecule has 0 saturated heterocycles. The molecule has 0 aliphatic rings. The molecule has 1 heterocycles. The number of nitrogens with zero attached hydrogens (tertiary/aromatic N) is 1. The molecule has 0 amide bonds. The molecule has 0 unspecified atom stereocenters. The highest BCUT2D eigenvalue weighted by Gasteiger charge is 2.26. The monoisotopic (exact) mass is 353 g/mol. The van der Waals surface area contributed by atoms with E-state index in [9.17, 15) is 18.0 Å². The van der Waals surface area contributed by atoms with Gasteiger partial charge in [0.1, 0.15) is 0 Å². The van der Waals surface area contributed by atoms with Gasteiger partial charge in [0.2, 0.25) is 10.0 Å². The maximum atomic E-state index is 13.0. The van der Waals surface area contributed by atoms with E-state index in [1.54, 1.807) is 0 Å². The molecule has 132 valence electrons. The number of benzene rings is 1. The van der Waals surface area contributed by atoms with Gasteiger partial charge in [0.05, 0.1) is 15.8 Å². The standard InChI is InChI=1S/C16H23N3O4S/c1-10(2)8-19(9-11(3)4)24(22,23)12-5-6-14-13(7-12)15(20)18-16(21)17-14/h5-7,10-11H,8-9H2,1-4H3,(H2,17,18,20,21). The molecule has 8 heteroatoms. The molecule has 0 fully saturated rings. The predicted octanol–water partition coefficient (Wildman–Crippen LogP) is 1.52.